The van der Waals surface area contributed by atoms with E-state index in [0.717, 1.165) is 72.2 Å². The zero-order valence-corrected chi connectivity index (χ0v) is 30.9. The minimum absolute atomic E-state index is 0.935. The molecule has 0 unspecified atom stereocenters. The second-order valence-electron chi connectivity index (χ2n) is 14.5. The van der Waals surface area contributed by atoms with Gasteiger partial charge in [-0.1, -0.05) is 127 Å². The van der Waals surface area contributed by atoms with Crippen LogP contribution in [0.2, 0.25) is 0 Å². The third kappa shape index (κ3) is 5.74. The normalized spacial score (nSPS) is 11.8. The summed E-state index contributed by atoms with van der Waals surface area (Å²) in [4.78, 5) is 17.2. The average Bonchev–Trinajstić information content (AvgIpc) is 3.30. The van der Waals surface area contributed by atoms with Crippen LogP contribution in [0.25, 0.3) is 88.6 Å². The lowest BCUT2D eigenvalue weighted by molar-refractivity contribution is 1.19. The summed E-state index contributed by atoms with van der Waals surface area (Å²) in [7, 11) is 0. The SMILES string of the molecule is c1ccc(-c2cccc(-c3ccc4nc5c6c(cncc6c4c3)N(c3cccc(-c4cc(-c6ccccc6)cc(-c6ccccc6)c4)c3)c3cnccc3-5)c2)cc1. The van der Waals surface area contributed by atoms with Crippen molar-refractivity contribution in [1.82, 2.24) is 15.0 Å². The first-order chi connectivity index (χ1) is 28.2. The molecule has 3 aromatic heterocycles. The van der Waals surface area contributed by atoms with Crippen LogP contribution >= 0.6 is 0 Å². The van der Waals surface area contributed by atoms with Crippen LogP contribution in [0.5, 0.6) is 0 Å². The standard InChI is InChI=1S/C53H34N4/c1-4-12-35(13-5-1)38-18-10-19-39(26-38)41-22-23-49-47(31-41)48-32-55-34-51-52(48)53(56-49)46-24-25-54-33-50(46)57(51)45-21-11-20-40(30-45)44-28-42(36-14-6-2-7-15-36)27-43(29-44)37-16-8-3-9-17-37/h1-34H. The number of pyridine rings is 3. The summed E-state index contributed by atoms with van der Waals surface area (Å²) >= 11 is 0. The molecule has 0 spiro atoms. The van der Waals surface area contributed by atoms with Gasteiger partial charge in [0.1, 0.15) is 0 Å². The summed E-state index contributed by atoms with van der Waals surface area (Å²) in [5, 5.41) is 3.22. The van der Waals surface area contributed by atoms with Gasteiger partial charge in [-0.05, 0) is 110 Å². The molecule has 11 rings (SSSR count). The molecule has 0 amide bonds. The van der Waals surface area contributed by atoms with Crippen LogP contribution in [0, 0.1) is 0 Å². The fourth-order valence-electron chi connectivity index (χ4n) is 8.37. The van der Waals surface area contributed by atoms with Crippen molar-refractivity contribution in [2.75, 3.05) is 4.90 Å². The second kappa shape index (κ2) is 13.6. The van der Waals surface area contributed by atoms with E-state index in [1.165, 1.54) is 33.4 Å². The predicted octanol–water partition coefficient (Wildman–Crippen LogP) is 14.0. The van der Waals surface area contributed by atoms with Gasteiger partial charge >= 0.3 is 0 Å². The van der Waals surface area contributed by atoms with E-state index < -0.39 is 0 Å². The Bertz CT molecular complexity index is 3070. The van der Waals surface area contributed by atoms with Gasteiger partial charge in [0.15, 0.2) is 0 Å². The van der Waals surface area contributed by atoms with Gasteiger partial charge in [0.05, 0.1) is 35.0 Å². The number of rotatable bonds is 6. The highest BCUT2D eigenvalue weighted by atomic mass is 15.2. The molecule has 0 bridgehead atoms. The highest BCUT2D eigenvalue weighted by Gasteiger charge is 2.29. The molecule has 0 atom stereocenters. The average molecular weight is 727 g/mol. The van der Waals surface area contributed by atoms with Crippen molar-refractivity contribution in [3.05, 3.63) is 207 Å². The third-order valence-electron chi connectivity index (χ3n) is 11.1. The van der Waals surface area contributed by atoms with E-state index in [2.05, 4.69) is 192 Å². The van der Waals surface area contributed by atoms with E-state index in [0.29, 0.717) is 0 Å². The van der Waals surface area contributed by atoms with Gasteiger partial charge in [-0.25, -0.2) is 4.98 Å². The Morgan fingerprint density at radius 1 is 0.351 bits per heavy atom. The molecule has 0 saturated carbocycles. The third-order valence-corrected chi connectivity index (χ3v) is 11.1. The molecule has 1 aliphatic heterocycles. The Hall–Kier alpha value is -7.69. The smallest absolute Gasteiger partial charge is 0.0832 e. The molecule has 0 saturated heterocycles. The maximum absolute atomic E-state index is 5.36. The zero-order chi connectivity index (χ0) is 37.7. The van der Waals surface area contributed by atoms with Crippen LogP contribution in [0.1, 0.15) is 0 Å². The van der Waals surface area contributed by atoms with E-state index in [-0.39, 0.29) is 0 Å². The summed E-state index contributed by atoms with van der Waals surface area (Å²) < 4.78 is 0. The van der Waals surface area contributed by atoms with Crippen LogP contribution in [0.3, 0.4) is 0 Å². The Morgan fingerprint density at radius 2 is 0.877 bits per heavy atom. The van der Waals surface area contributed by atoms with Crippen LogP contribution in [-0.4, -0.2) is 15.0 Å². The zero-order valence-electron chi connectivity index (χ0n) is 30.9. The second-order valence-corrected chi connectivity index (χ2v) is 14.5. The monoisotopic (exact) mass is 726 g/mol. The van der Waals surface area contributed by atoms with Crippen molar-refractivity contribution in [1.29, 1.82) is 0 Å². The number of aromatic nitrogens is 3. The molecule has 0 aliphatic carbocycles. The van der Waals surface area contributed by atoms with Gasteiger partial charge < -0.3 is 4.90 Å². The Labute approximate surface area is 331 Å². The summed E-state index contributed by atoms with van der Waals surface area (Å²) in [6.45, 7) is 0. The molecule has 266 valence electrons. The van der Waals surface area contributed by atoms with Crippen molar-refractivity contribution < 1.29 is 0 Å². The highest BCUT2D eigenvalue weighted by molar-refractivity contribution is 6.20. The molecule has 4 heterocycles. The number of anilines is 3. The molecule has 57 heavy (non-hydrogen) atoms. The largest absolute Gasteiger partial charge is 0.306 e. The van der Waals surface area contributed by atoms with Gasteiger partial charge in [-0.2, -0.15) is 0 Å². The van der Waals surface area contributed by atoms with Gasteiger partial charge in [-0.3, -0.25) is 9.97 Å². The maximum Gasteiger partial charge on any atom is 0.0832 e. The van der Waals surface area contributed by atoms with Crippen molar-refractivity contribution in [3.63, 3.8) is 0 Å². The molecule has 4 heteroatoms. The fourth-order valence-corrected chi connectivity index (χ4v) is 8.37. The predicted molar refractivity (Wildman–Crippen MR) is 236 cm³/mol. The van der Waals surface area contributed by atoms with Gasteiger partial charge in [0, 0.05) is 39.8 Å². The summed E-state index contributed by atoms with van der Waals surface area (Å²) in [5.41, 5.74) is 17.6. The van der Waals surface area contributed by atoms with Crippen LogP contribution in [0.4, 0.5) is 17.1 Å². The number of nitrogens with zero attached hydrogens (tertiary/aromatic N) is 4. The number of hydrogen-bond donors (Lipinski definition) is 0. The first-order valence-electron chi connectivity index (χ1n) is 19.2. The first-order valence-corrected chi connectivity index (χ1v) is 19.2. The lowest BCUT2D eigenvalue weighted by Gasteiger charge is -2.32. The lowest BCUT2D eigenvalue weighted by atomic mass is 9.92. The summed E-state index contributed by atoms with van der Waals surface area (Å²) in [6.07, 6.45) is 7.78. The van der Waals surface area contributed by atoms with E-state index in [9.17, 15) is 0 Å². The van der Waals surface area contributed by atoms with Crippen LogP contribution < -0.4 is 4.90 Å². The van der Waals surface area contributed by atoms with Crippen molar-refractivity contribution in [3.8, 4) is 66.9 Å². The summed E-state index contributed by atoms with van der Waals surface area (Å²) in [6, 6.07) is 64.9. The van der Waals surface area contributed by atoms with Gasteiger partial charge in [0.25, 0.3) is 0 Å². The van der Waals surface area contributed by atoms with Gasteiger partial charge in [-0.15, -0.1) is 0 Å². The maximum atomic E-state index is 5.36. The molecular weight excluding hydrogens is 693 g/mol. The van der Waals surface area contributed by atoms with Crippen molar-refractivity contribution in [2.24, 2.45) is 0 Å². The molecule has 1 aliphatic rings. The number of hydrogen-bond acceptors (Lipinski definition) is 4. The van der Waals surface area contributed by atoms with Crippen LogP contribution in [-0.2, 0) is 0 Å². The number of benzene rings is 7. The molecule has 4 nitrogen and oxygen atoms in total. The molecule has 7 aromatic carbocycles. The lowest BCUT2D eigenvalue weighted by Crippen LogP contribution is -2.16. The number of fused-ring (bicyclic) bond motifs is 4. The van der Waals surface area contributed by atoms with E-state index in [1.54, 1.807) is 0 Å². The molecule has 0 radical (unpaired) electrons. The molecule has 0 N–H and O–H groups in total. The Kier molecular flexibility index (Phi) is 7.78. The molecular formula is C53H34N4. The summed E-state index contributed by atoms with van der Waals surface area (Å²) in [5.74, 6) is 0. The van der Waals surface area contributed by atoms with Crippen LogP contribution in [0.15, 0.2) is 207 Å². The Morgan fingerprint density at radius 3 is 1.56 bits per heavy atom. The quantitative estimate of drug-likeness (QED) is 0.160. The van der Waals surface area contributed by atoms with Crippen molar-refractivity contribution in [2.45, 2.75) is 0 Å². The highest BCUT2D eigenvalue weighted by Crippen LogP contribution is 2.51. The fraction of sp³-hybridized carbons (Fsp3) is 0. The molecule has 10 aromatic rings. The topological polar surface area (TPSA) is 41.9 Å². The first kappa shape index (κ1) is 32.7. The molecule has 0 fully saturated rings. The van der Waals surface area contributed by atoms with Gasteiger partial charge in [0.2, 0.25) is 0 Å². The van der Waals surface area contributed by atoms with E-state index >= 15 is 0 Å². The minimum atomic E-state index is 0.935. The van der Waals surface area contributed by atoms with E-state index in [1.807, 2.05) is 24.8 Å². The van der Waals surface area contributed by atoms with Crippen molar-refractivity contribution >= 4 is 38.7 Å². The minimum Gasteiger partial charge on any atom is -0.306 e. The Balaban J connectivity index is 1.07. The van der Waals surface area contributed by atoms with E-state index in [4.69, 9.17) is 9.97 Å².